The number of halogens is 1. The molecule has 1 amide bonds. The Kier molecular flexibility index (Phi) is 6.00. The van der Waals surface area contributed by atoms with Crippen molar-refractivity contribution in [1.29, 1.82) is 0 Å². The lowest BCUT2D eigenvalue weighted by Gasteiger charge is -2.32. The van der Waals surface area contributed by atoms with Gasteiger partial charge in [-0.2, -0.15) is 4.31 Å². The second-order valence-corrected chi connectivity index (χ2v) is 8.65. The van der Waals surface area contributed by atoms with Crippen LogP contribution in [0.1, 0.15) is 36.5 Å². The summed E-state index contributed by atoms with van der Waals surface area (Å²) in [6.45, 7) is 2.32. The maximum absolute atomic E-state index is 13.3. The third kappa shape index (κ3) is 4.18. The van der Waals surface area contributed by atoms with Crippen LogP contribution in [0, 0.1) is 5.82 Å². The van der Waals surface area contributed by atoms with Crippen LogP contribution < -0.4 is 10.1 Å². The van der Waals surface area contributed by atoms with Crippen molar-refractivity contribution < 1.29 is 22.3 Å². The Balaban J connectivity index is 1.94. The predicted molar refractivity (Wildman–Crippen MR) is 105 cm³/mol. The van der Waals surface area contributed by atoms with Gasteiger partial charge >= 0.3 is 0 Å². The monoisotopic (exact) mass is 406 g/mol. The molecule has 0 spiro atoms. The third-order valence-corrected chi connectivity index (χ3v) is 6.87. The average Bonchev–Trinajstić information content (AvgIpc) is 2.67. The molecule has 1 aliphatic rings. The molecule has 28 heavy (non-hydrogen) atoms. The van der Waals surface area contributed by atoms with E-state index >= 15 is 0 Å². The first-order valence-electron chi connectivity index (χ1n) is 9.09. The van der Waals surface area contributed by atoms with Crippen molar-refractivity contribution in [2.45, 2.75) is 37.1 Å². The van der Waals surface area contributed by atoms with Crippen LogP contribution in [-0.2, 0) is 10.0 Å². The summed E-state index contributed by atoms with van der Waals surface area (Å²) in [5.74, 6) is -0.827. The molecule has 1 aliphatic heterocycles. The first kappa shape index (κ1) is 20.3. The number of hydrogen-bond donors (Lipinski definition) is 1. The molecule has 1 atom stereocenters. The second-order valence-electron chi connectivity index (χ2n) is 6.79. The molecule has 8 heteroatoms. The number of anilines is 1. The first-order valence-corrected chi connectivity index (χ1v) is 10.5. The molecule has 0 aromatic heterocycles. The van der Waals surface area contributed by atoms with E-state index in [0.717, 1.165) is 19.3 Å². The van der Waals surface area contributed by atoms with Crippen molar-refractivity contribution in [1.82, 2.24) is 4.31 Å². The van der Waals surface area contributed by atoms with Crippen LogP contribution >= 0.6 is 0 Å². The van der Waals surface area contributed by atoms with Gasteiger partial charge in [-0.25, -0.2) is 12.8 Å². The van der Waals surface area contributed by atoms with Gasteiger partial charge in [0.2, 0.25) is 10.0 Å². The average molecular weight is 406 g/mol. The van der Waals surface area contributed by atoms with Gasteiger partial charge in [0.15, 0.2) is 0 Å². The minimum Gasteiger partial charge on any atom is -0.495 e. The molecule has 0 radical (unpaired) electrons. The van der Waals surface area contributed by atoms with E-state index in [0.29, 0.717) is 6.54 Å². The van der Waals surface area contributed by atoms with E-state index in [9.17, 15) is 17.6 Å². The highest BCUT2D eigenvalue weighted by Crippen LogP contribution is 2.31. The number of piperidine rings is 1. The summed E-state index contributed by atoms with van der Waals surface area (Å²) < 4.78 is 46.5. The molecule has 6 nitrogen and oxygen atoms in total. The summed E-state index contributed by atoms with van der Waals surface area (Å²) in [7, 11) is -2.43. The first-order chi connectivity index (χ1) is 13.3. The van der Waals surface area contributed by atoms with E-state index in [-0.39, 0.29) is 27.9 Å². The number of sulfonamides is 1. The highest BCUT2D eigenvalue weighted by atomic mass is 32.2. The number of hydrogen-bond acceptors (Lipinski definition) is 4. The number of carbonyl (C=O) groups is 1. The van der Waals surface area contributed by atoms with Crippen molar-refractivity contribution >= 4 is 21.6 Å². The van der Waals surface area contributed by atoms with Crippen LogP contribution in [0.3, 0.4) is 0 Å². The smallest absolute Gasteiger partial charge is 0.255 e. The van der Waals surface area contributed by atoms with Crippen molar-refractivity contribution in [3.63, 3.8) is 0 Å². The lowest BCUT2D eigenvalue weighted by Crippen LogP contribution is -2.42. The van der Waals surface area contributed by atoms with Crippen LogP contribution in [0.5, 0.6) is 5.75 Å². The van der Waals surface area contributed by atoms with E-state index in [1.165, 1.54) is 47.8 Å². The molecule has 0 saturated carbocycles. The Morgan fingerprint density at radius 3 is 2.68 bits per heavy atom. The fraction of sp³-hybridized carbons (Fsp3) is 0.350. The zero-order valence-corrected chi connectivity index (χ0v) is 16.6. The van der Waals surface area contributed by atoms with Crippen molar-refractivity contribution in [2.24, 2.45) is 0 Å². The minimum absolute atomic E-state index is 0.0457. The van der Waals surface area contributed by atoms with Gasteiger partial charge in [-0.1, -0.05) is 12.5 Å². The molecule has 2 aromatic rings. The van der Waals surface area contributed by atoms with E-state index in [2.05, 4.69) is 5.32 Å². The minimum atomic E-state index is -3.82. The van der Waals surface area contributed by atoms with Gasteiger partial charge in [0.25, 0.3) is 5.91 Å². The topological polar surface area (TPSA) is 75.7 Å². The van der Waals surface area contributed by atoms with E-state index in [1.54, 1.807) is 6.07 Å². The van der Waals surface area contributed by atoms with Gasteiger partial charge in [0, 0.05) is 23.8 Å². The summed E-state index contributed by atoms with van der Waals surface area (Å²) in [5, 5.41) is 2.58. The molecule has 1 N–H and O–H groups in total. The van der Waals surface area contributed by atoms with Gasteiger partial charge in [0.1, 0.15) is 16.5 Å². The fourth-order valence-corrected chi connectivity index (χ4v) is 5.23. The molecule has 3 rings (SSSR count). The Hall–Kier alpha value is -2.45. The lowest BCUT2D eigenvalue weighted by molar-refractivity contribution is 0.102. The molecule has 1 saturated heterocycles. The third-order valence-electron chi connectivity index (χ3n) is 4.84. The van der Waals surface area contributed by atoms with Crippen molar-refractivity contribution in [3.8, 4) is 5.75 Å². The summed E-state index contributed by atoms with van der Waals surface area (Å²) in [6, 6.07) is 9.62. The quantitative estimate of drug-likeness (QED) is 0.822. The number of nitrogens with one attached hydrogen (secondary N) is 1. The molecular formula is C20H23FN2O4S. The number of benzene rings is 2. The second kappa shape index (κ2) is 8.28. The van der Waals surface area contributed by atoms with Gasteiger partial charge < -0.3 is 10.1 Å². The Labute approximate surface area is 164 Å². The molecule has 150 valence electrons. The van der Waals surface area contributed by atoms with E-state index < -0.39 is 21.7 Å². The number of methoxy groups -OCH3 is 1. The maximum Gasteiger partial charge on any atom is 0.255 e. The van der Waals surface area contributed by atoms with Crippen LogP contribution in [0.25, 0.3) is 0 Å². The molecule has 0 aliphatic carbocycles. The van der Waals surface area contributed by atoms with Crippen LogP contribution in [0.4, 0.5) is 10.1 Å². The molecule has 0 bridgehead atoms. The molecular weight excluding hydrogens is 383 g/mol. The summed E-state index contributed by atoms with van der Waals surface area (Å²) in [6.07, 6.45) is 2.58. The summed E-state index contributed by atoms with van der Waals surface area (Å²) in [4.78, 5) is 12.5. The van der Waals surface area contributed by atoms with E-state index in [4.69, 9.17) is 4.74 Å². The van der Waals surface area contributed by atoms with Crippen LogP contribution in [0.15, 0.2) is 47.4 Å². The van der Waals surface area contributed by atoms with Crippen LogP contribution in [-0.4, -0.2) is 38.3 Å². The Morgan fingerprint density at radius 2 is 2.00 bits per heavy atom. The highest BCUT2D eigenvalue weighted by Gasteiger charge is 2.33. The lowest BCUT2D eigenvalue weighted by atomic mass is 10.1. The Morgan fingerprint density at radius 1 is 1.21 bits per heavy atom. The predicted octanol–water partition coefficient (Wildman–Crippen LogP) is 3.65. The van der Waals surface area contributed by atoms with Gasteiger partial charge in [-0.15, -0.1) is 0 Å². The highest BCUT2D eigenvalue weighted by molar-refractivity contribution is 7.89. The van der Waals surface area contributed by atoms with Gasteiger partial charge in [-0.3, -0.25) is 4.79 Å². The standard InChI is InChI=1S/C20H23FN2O4S/c1-14-6-3-4-11-23(14)28(25,26)19-12-15(9-10-18(19)27-2)20(24)22-17-8-5-7-16(21)13-17/h5,7-10,12-14H,3-4,6,11H2,1-2H3,(H,22,24)/t14-/m0/s1. The van der Waals surface area contributed by atoms with Gasteiger partial charge in [0.05, 0.1) is 7.11 Å². The SMILES string of the molecule is COc1ccc(C(=O)Nc2cccc(F)c2)cc1S(=O)(=O)N1CCCC[C@@H]1C. The number of amides is 1. The normalized spacial score (nSPS) is 17.9. The van der Waals surface area contributed by atoms with Crippen molar-refractivity contribution in [3.05, 3.63) is 53.8 Å². The van der Waals surface area contributed by atoms with Crippen LogP contribution in [0.2, 0.25) is 0 Å². The van der Waals surface area contributed by atoms with E-state index in [1.807, 2.05) is 6.92 Å². The zero-order chi connectivity index (χ0) is 20.3. The largest absolute Gasteiger partial charge is 0.495 e. The molecule has 1 fully saturated rings. The number of ether oxygens (including phenoxy) is 1. The molecule has 2 aromatic carbocycles. The number of carbonyl (C=O) groups excluding carboxylic acids is 1. The van der Waals surface area contributed by atoms with Gasteiger partial charge in [-0.05, 0) is 56.2 Å². The number of rotatable bonds is 5. The zero-order valence-electron chi connectivity index (χ0n) is 15.8. The molecule has 0 unspecified atom stereocenters. The molecule has 1 heterocycles. The summed E-state index contributed by atoms with van der Waals surface area (Å²) >= 11 is 0. The fourth-order valence-electron chi connectivity index (χ4n) is 3.34. The van der Waals surface area contributed by atoms with Crippen molar-refractivity contribution in [2.75, 3.05) is 19.0 Å². The summed E-state index contributed by atoms with van der Waals surface area (Å²) in [5.41, 5.74) is 0.433. The Bertz CT molecular complexity index is 978. The number of nitrogens with zero attached hydrogens (tertiary/aromatic N) is 1. The maximum atomic E-state index is 13.3.